The molecule has 1 fully saturated rings. The van der Waals surface area contributed by atoms with Crippen molar-refractivity contribution in [2.45, 2.75) is 6.42 Å². The van der Waals surface area contributed by atoms with Gasteiger partial charge in [0.1, 0.15) is 0 Å². The average molecular weight is 228 g/mol. The molecule has 1 atom stereocenters. The van der Waals surface area contributed by atoms with Gasteiger partial charge in [-0.15, -0.1) is 6.58 Å². The molecule has 3 rings (SSSR count). The molecule has 2 aromatic rings. The number of hydrogen-bond donors (Lipinski definition) is 1. The number of pyridine rings is 1. The van der Waals surface area contributed by atoms with Gasteiger partial charge in [0.25, 0.3) is 0 Å². The summed E-state index contributed by atoms with van der Waals surface area (Å²) in [4.78, 5) is 17.8. The number of anilines is 1. The third-order valence-corrected chi connectivity index (χ3v) is 3.08. The van der Waals surface area contributed by atoms with E-state index in [2.05, 4.69) is 21.8 Å². The van der Waals surface area contributed by atoms with Crippen LogP contribution in [-0.4, -0.2) is 27.6 Å². The summed E-state index contributed by atoms with van der Waals surface area (Å²) in [5.41, 5.74) is 1.56. The monoisotopic (exact) mass is 228 g/mol. The summed E-state index contributed by atoms with van der Waals surface area (Å²) in [6.07, 6.45) is 5.77. The first kappa shape index (κ1) is 10.0. The van der Waals surface area contributed by atoms with Crippen LogP contribution >= 0.6 is 0 Å². The molecule has 0 radical (unpaired) electrons. The molecule has 0 aliphatic carbocycles. The lowest BCUT2D eigenvalue weighted by Gasteiger charge is -2.15. The topological polar surface area (TPSA) is 61.9 Å². The zero-order chi connectivity index (χ0) is 11.8. The minimum atomic E-state index is 0.125. The molecule has 2 aromatic heterocycles. The first-order valence-corrected chi connectivity index (χ1v) is 5.50. The quantitative estimate of drug-likeness (QED) is 0.792. The SMILES string of the molecule is C=CC1CC(=O)N(c2cnc3[nH]ncc3c2)C1. The maximum Gasteiger partial charge on any atom is 0.227 e. The highest BCUT2D eigenvalue weighted by atomic mass is 16.2. The van der Waals surface area contributed by atoms with E-state index in [0.29, 0.717) is 13.0 Å². The Balaban J connectivity index is 1.98. The van der Waals surface area contributed by atoms with Gasteiger partial charge in [0.15, 0.2) is 5.65 Å². The first-order valence-electron chi connectivity index (χ1n) is 5.50. The average Bonchev–Trinajstić information content (AvgIpc) is 2.93. The first-order chi connectivity index (χ1) is 8.28. The summed E-state index contributed by atoms with van der Waals surface area (Å²) >= 11 is 0. The van der Waals surface area contributed by atoms with Crippen LogP contribution in [0.1, 0.15) is 6.42 Å². The third-order valence-electron chi connectivity index (χ3n) is 3.08. The normalized spacial score (nSPS) is 20.1. The molecule has 1 aliphatic rings. The van der Waals surface area contributed by atoms with Crippen LogP contribution in [0.5, 0.6) is 0 Å². The fraction of sp³-hybridized carbons (Fsp3) is 0.250. The van der Waals surface area contributed by atoms with E-state index < -0.39 is 0 Å². The summed E-state index contributed by atoms with van der Waals surface area (Å²) in [5.74, 6) is 0.363. The Kier molecular flexibility index (Phi) is 2.18. The molecule has 1 N–H and O–H groups in total. The predicted octanol–water partition coefficient (Wildman–Crippen LogP) is 1.50. The molecule has 1 amide bonds. The van der Waals surface area contributed by atoms with Crippen LogP contribution in [0.15, 0.2) is 31.1 Å². The number of carbonyl (C=O) groups excluding carboxylic acids is 1. The molecule has 17 heavy (non-hydrogen) atoms. The second-order valence-electron chi connectivity index (χ2n) is 4.21. The zero-order valence-corrected chi connectivity index (χ0v) is 9.26. The zero-order valence-electron chi connectivity index (χ0n) is 9.26. The Morgan fingerprint density at radius 3 is 3.18 bits per heavy atom. The number of nitrogens with one attached hydrogen (secondary N) is 1. The molecular weight excluding hydrogens is 216 g/mol. The second kappa shape index (κ2) is 3.69. The lowest BCUT2D eigenvalue weighted by atomic mass is 10.1. The minimum Gasteiger partial charge on any atom is -0.310 e. The summed E-state index contributed by atoms with van der Waals surface area (Å²) in [6, 6.07) is 1.93. The number of H-pyrrole nitrogens is 1. The van der Waals surface area contributed by atoms with E-state index >= 15 is 0 Å². The van der Waals surface area contributed by atoms with Crippen LogP contribution in [0.3, 0.4) is 0 Å². The molecule has 86 valence electrons. The molecule has 3 heterocycles. The van der Waals surface area contributed by atoms with E-state index in [1.54, 1.807) is 17.3 Å². The number of aromatic nitrogens is 3. The molecule has 0 saturated carbocycles. The molecule has 1 unspecified atom stereocenters. The van der Waals surface area contributed by atoms with Gasteiger partial charge in [-0.3, -0.25) is 9.89 Å². The molecule has 5 heteroatoms. The summed E-state index contributed by atoms with van der Waals surface area (Å²) in [7, 11) is 0. The Bertz CT molecular complexity index is 589. The van der Waals surface area contributed by atoms with Crippen LogP contribution in [0.25, 0.3) is 11.0 Å². The van der Waals surface area contributed by atoms with Gasteiger partial charge in [0.05, 0.1) is 18.1 Å². The Morgan fingerprint density at radius 1 is 1.53 bits per heavy atom. The number of nitrogens with zero attached hydrogens (tertiary/aromatic N) is 3. The van der Waals surface area contributed by atoms with Crippen LogP contribution in [-0.2, 0) is 4.79 Å². The van der Waals surface area contributed by atoms with E-state index in [-0.39, 0.29) is 11.8 Å². The predicted molar refractivity (Wildman–Crippen MR) is 64.5 cm³/mol. The third kappa shape index (κ3) is 1.60. The number of carbonyl (C=O) groups is 1. The van der Waals surface area contributed by atoms with Crippen molar-refractivity contribution in [3.05, 3.63) is 31.1 Å². The van der Waals surface area contributed by atoms with Crippen molar-refractivity contribution in [3.8, 4) is 0 Å². The Labute approximate surface area is 98.1 Å². The fourth-order valence-corrected chi connectivity index (χ4v) is 2.12. The number of fused-ring (bicyclic) bond motifs is 1. The van der Waals surface area contributed by atoms with E-state index in [1.807, 2.05) is 12.1 Å². The Morgan fingerprint density at radius 2 is 2.41 bits per heavy atom. The van der Waals surface area contributed by atoms with Crippen molar-refractivity contribution < 1.29 is 4.79 Å². The maximum atomic E-state index is 11.8. The highest BCUT2D eigenvalue weighted by Crippen LogP contribution is 2.26. The molecule has 1 saturated heterocycles. The van der Waals surface area contributed by atoms with Crippen molar-refractivity contribution in [2.75, 3.05) is 11.4 Å². The second-order valence-corrected chi connectivity index (χ2v) is 4.21. The van der Waals surface area contributed by atoms with Gasteiger partial charge in [-0.2, -0.15) is 5.10 Å². The number of hydrogen-bond acceptors (Lipinski definition) is 3. The van der Waals surface area contributed by atoms with Crippen molar-refractivity contribution in [2.24, 2.45) is 5.92 Å². The highest BCUT2D eigenvalue weighted by molar-refractivity contribution is 5.97. The van der Waals surface area contributed by atoms with Gasteiger partial charge in [0.2, 0.25) is 5.91 Å². The van der Waals surface area contributed by atoms with E-state index in [1.165, 1.54) is 0 Å². The van der Waals surface area contributed by atoms with Crippen molar-refractivity contribution in [3.63, 3.8) is 0 Å². The maximum absolute atomic E-state index is 11.8. The van der Waals surface area contributed by atoms with Crippen LogP contribution in [0.2, 0.25) is 0 Å². The van der Waals surface area contributed by atoms with Gasteiger partial charge in [-0.05, 0) is 6.07 Å². The standard InChI is InChI=1S/C12H12N4O/c1-2-8-3-11(17)16(7-8)10-4-9-5-14-15-12(9)13-6-10/h2,4-6,8H,1,3,7H2,(H,13,14,15). The van der Waals surface area contributed by atoms with Crippen molar-refractivity contribution >= 4 is 22.6 Å². The number of amides is 1. The van der Waals surface area contributed by atoms with Gasteiger partial charge in [0, 0.05) is 24.3 Å². The lowest BCUT2D eigenvalue weighted by Crippen LogP contribution is -2.24. The summed E-state index contributed by atoms with van der Waals surface area (Å²) < 4.78 is 0. The summed E-state index contributed by atoms with van der Waals surface area (Å²) in [5, 5.41) is 7.61. The molecule has 1 aliphatic heterocycles. The minimum absolute atomic E-state index is 0.125. The van der Waals surface area contributed by atoms with Crippen LogP contribution in [0.4, 0.5) is 5.69 Å². The van der Waals surface area contributed by atoms with Crippen molar-refractivity contribution in [1.82, 2.24) is 15.2 Å². The van der Waals surface area contributed by atoms with Crippen molar-refractivity contribution in [1.29, 1.82) is 0 Å². The van der Waals surface area contributed by atoms with E-state index in [4.69, 9.17) is 0 Å². The number of aromatic amines is 1. The fourth-order valence-electron chi connectivity index (χ4n) is 2.12. The van der Waals surface area contributed by atoms with E-state index in [9.17, 15) is 4.79 Å². The van der Waals surface area contributed by atoms with Gasteiger partial charge < -0.3 is 4.90 Å². The summed E-state index contributed by atoms with van der Waals surface area (Å²) in [6.45, 7) is 4.43. The lowest BCUT2D eigenvalue weighted by molar-refractivity contribution is -0.117. The van der Waals surface area contributed by atoms with Crippen LogP contribution in [0, 0.1) is 5.92 Å². The van der Waals surface area contributed by atoms with Crippen LogP contribution < -0.4 is 4.90 Å². The van der Waals surface area contributed by atoms with Gasteiger partial charge in [-0.25, -0.2) is 4.98 Å². The number of rotatable bonds is 2. The molecular formula is C12H12N4O. The Hall–Kier alpha value is -2.17. The van der Waals surface area contributed by atoms with Gasteiger partial charge in [-0.1, -0.05) is 6.08 Å². The molecule has 0 bridgehead atoms. The van der Waals surface area contributed by atoms with E-state index in [0.717, 1.165) is 16.7 Å². The molecule has 5 nitrogen and oxygen atoms in total. The molecule has 0 spiro atoms. The smallest absolute Gasteiger partial charge is 0.227 e. The van der Waals surface area contributed by atoms with Gasteiger partial charge >= 0.3 is 0 Å². The largest absolute Gasteiger partial charge is 0.310 e. The highest BCUT2D eigenvalue weighted by Gasteiger charge is 2.28. The molecule has 0 aromatic carbocycles.